The van der Waals surface area contributed by atoms with E-state index in [9.17, 15) is 17.6 Å². The summed E-state index contributed by atoms with van der Waals surface area (Å²) in [6.45, 7) is 1.67. The topological polar surface area (TPSA) is 71.4 Å². The van der Waals surface area contributed by atoms with Gasteiger partial charge in [-0.2, -0.15) is 0 Å². The highest BCUT2D eigenvalue weighted by Crippen LogP contribution is 2.18. The van der Waals surface area contributed by atoms with Crippen LogP contribution in [-0.4, -0.2) is 25.2 Å². The van der Waals surface area contributed by atoms with Crippen molar-refractivity contribution in [3.63, 3.8) is 0 Å². The van der Waals surface area contributed by atoms with Crippen LogP contribution in [0.3, 0.4) is 0 Å². The van der Waals surface area contributed by atoms with Crippen molar-refractivity contribution in [3.05, 3.63) is 29.6 Å². The molecule has 1 rings (SSSR count). The number of hydrogen-bond acceptors (Lipinski definition) is 3. The Morgan fingerprint density at radius 1 is 1.44 bits per heavy atom. The molecule has 0 aromatic heterocycles. The molecule has 6 heteroatoms. The fourth-order valence-electron chi connectivity index (χ4n) is 1.26. The highest BCUT2D eigenvalue weighted by atomic mass is 32.2. The van der Waals surface area contributed by atoms with Crippen LogP contribution in [0.1, 0.15) is 23.7 Å². The van der Waals surface area contributed by atoms with Crippen LogP contribution in [0.5, 0.6) is 0 Å². The van der Waals surface area contributed by atoms with E-state index in [4.69, 9.17) is 5.11 Å². The lowest BCUT2D eigenvalue weighted by molar-refractivity contribution is 0.0696. The van der Waals surface area contributed by atoms with Gasteiger partial charge in [-0.1, -0.05) is 6.92 Å². The van der Waals surface area contributed by atoms with Crippen molar-refractivity contribution < 1.29 is 22.7 Å². The van der Waals surface area contributed by atoms with Crippen molar-refractivity contribution in [2.45, 2.75) is 18.2 Å². The van der Waals surface area contributed by atoms with Crippen molar-refractivity contribution in [1.82, 2.24) is 0 Å². The Labute approximate surface area is 92.6 Å². The lowest BCUT2D eigenvalue weighted by atomic mass is 10.2. The van der Waals surface area contributed by atoms with Crippen molar-refractivity contribution in [1.29, 1.82) is 0 Å². The molecule has 0 atom stereocenters. The molecule has 0 unspecified atom stereocenters. The summed E-state index contributed by atoms with van der Waals surface area (Å²) in [7, 11) is -3.65. The Hall–Kier alpha value is -1.43. The van der Waals surface area contributed by atoms with E-state index in [1.165, 1.54) is 0 Å². The molecule has 1 aromatic rings. The largest absolute Gasteiger partial charge is 0.478 e. The van der Waals surface area contributed by atoms with Gasteiger partial charge in [0.15, 0.2) is 9.84 Å². The maximum atomic E-state index is 13.4. The summed E-state index contributed by atoms with van der Waals surface area (Å²) in [6, 6.07) is 2.78. The zero-order valence-electron chi connectivity index (χ0n) is 8.60. The van der Waals surface area contributed by atoms with Gasteiger partial charge < -0.3 is 5.11 Å². The van der Waals surface area contributed by atoms with Crippen LogP contribution in [0.15, 0.2) is 23.1 Å². The predicted octanol–water partition coefficient (Wildman–Crippen LogP) is 1.71. The second-order valence-electron chi connectivity index (χ2n) is 3.27. The van der Waals surface area contributed by atoms with Crippen LogP contribution >= 0.6 is 0 Å². The molecule has 0 amide bonds. The fraction of sp³-hybridized carbons (Fsp3) is 0.300. The normalized spacial score (nSPS) is 11.4. The van der Waals surface area contributed by atoms with Crippen LogP contribution < -0.4 is 0 Å². The molecule has 4 nitrogen and oxygen atoms in total. The molecule has 0 saturated carbocycles. The number of aromatic carboxylic acids is 1. The molecule has 0 aliphatic carbocycles. The van der Waals surface area contributed by atoms with Crippen molar-refractivity contribution in [3.8, 4) is 0 Å². The number of hydrogen-bond donors (Lipinski definition) is 1. The zero-order chi connectivity index (χ0) is 12.3. The molecular formula is C10H11FO4S. The summed E-state index contributed by atoms with van der Waals surface area (Å²) in [6.07, 6.45) is 0.377. The van der Waals surface area contributed by atoms with E-state index in [2.05, 4.69) is 0 Å². The summed E-state index contributed by atoms with van der Waals surface area (Å²) in [4.78, 5) is 10.1. The summed E-state index contributed by atoms with van der Waals surface area (Å²) in [5, 5.41) is 8.59. The van der Waals surface area contributed by atoms with Crippen LogP contribution in [-0.2, 0) is 9.84 Å². The van der Waals surface area contributed by atoms with E-state index >= 15 is 0 Å². The van der Waals surface area contributed by atoms with E-state index in [1.807, 2.05) is 0 Å². The predicted molar refractivity (Wildman–Crippen MR) is 55.7 cm³/mol. The Balaban J connectivity index is 3.23. The van der Waals surface area contributed by atoms with Gasteiger partial charge in [0.2, 0.25) is 0 Å². The maximum Gasteiger partial charge on any atom is 0.335 e. The quantitative estimate of drug-likeness (QED) is 0.877. The number of carboxylic acid groups (broad SMARTS) is 1. The molecule has 0 saturated heterocycles. The smallest absolute Gasteiger partial charge is 0.335 e. The van der Waals surface area contributed by atoms with Gasteiger partial charge in [0.25, 0.3) is 0 Å². The molecule has 16 heavy (non-hydrogen) atoms. The van der Waals surface area contributed by atoms with Gasteiger partial charge in [0.1, 0.15) is 10.7 Å². The Morgan fingerprint density at radius 3 is 2.50 bits per heavy atom. The van der Waals surface area contributed by atoms with E-state index < -0.39 is 26.5 Å². The molecule has 0 aliphatic rings. The van der Waals surface area contributed by atoms with Gasteiger partial charge in [0, 0.05) is 0 Å². The highest BCUT2D eigenvalue weighted by molar-refractivity contribution is 7.91. The van der Waals surface area contributed by atoms with Crippen molar-refractivity contribution in [2.75, 3.05) is 5.75 Å². The first-order chi connectivity index (χ1) is 7.38. The van der Waals surface area contributed by atoms with E-state index in [1.54, 1.807) is 6.92 Å². The molecule has 1 N–H and O–H groups in total. The van der Waals surface area contributed by atoms with Gasteiger partial charge >= 0.3 is 5.97 Å². The number of carbonyl (C=O) groups is 1. The van der Waals surface area contributed by atoms with Crippen LogP contribution in [0.25, 0.3) is 0 Å². The minimum atomic E-state index is -3.65. The first-order valence-corrected chi connectivity index (χ1v) is 6.29. The minimum Gasteiger partial charge on any atom is -0.478 e. The molecule has 0 heterocycles. The van der Waals surface area contributed by atoms with Crippen molar-refractivity contribution >= 4 is 15.8 Å². The summed E-state index contributed by atoms with van der Waals surface area (Å²) in [5.41, 5.74) is -0.270. The first-order valence-electron chi connectivity index (χ1n) is 4.64. The Kier molecular flexibility index (Phi) is 3.64. The molecule has 0 bridgehead atoms. The minimum absolute atomic E-state index is 0.156. The third-order valence-electron chi connectivity index (χ3n) is 1.99. The zero-order valence-corrected chi connectivity index (χ0v) is 9.42. The lowest BCUT2D eigenvalue weighted by Crippen LogP contribution is -2.09. The fourth-order valence-corrected chi connectivity index (χ4v) is 2.65. The standard InChI is InChI=1S/C10H11FO4S/c1-2-5-16(14,15)9-4-3-7(10(12)13)6-8(9)11/h3-4,6H,2,5H2,1H3,(H,12,13). The second kappa shape index (κ2) is 4.61. The average Bonchev–Trinajstić information content (AvgIpc) is 2.16. The van der Waals surface area contributed by atoms with E-state index in [0.29, 0.717) is 12.5 Å². The summed E-state index contributed by atoms with van der Waals surface area (Å²) >= 11 is 0. The molecule has 0 fully saturated rings. The van der Waals surface area contributed by atoms with Crippen LogP contribution in [0.2, 0.25) is 0 Å². The third-order valence-corrected chi connectivity index (χ3v) is 3.93. The maximum absolute atomic E-state index is 13.4. The summed E-state index contributed by atoms with van der Waals surface area (Å²) < 4.78 is 36.5. The van der Waals surface area contributed by atoms with E-state index in [0.717, 1.165) is 12.1 Å². The first kappa shape index (κ1) is 12.6. The number of sulfone groups is 1. The number of halogens is 1. The van der Waals surface area contributed by atoms with Gasteiger partial charge in [-0.15, -0.1) is 0 Å². The highest BCUT2D eigenvalue weighted by Gasteiger charge is 2.19. The Morgan fingerprint density at radius 2 is 2.06 bits per heavy atom. The monoisotopic (exact) mass is 246 g/mol. The van der Waals surface area contributed by atoms with Crippen LogP contribution in [0.4, 0.5) is 4.39 Å². The van der Waals surface area contributed by atoms with E-state index in [-0.39, 0.29) is 11.3 Å². The Bertz CT molecular complexity index is 508. The molecule has 0 spiro atoms. The third kappa shape index (κ3) is 2.57. The van der Waals surface area contributed by atoms with Gasteiger partial charge in [-0.05, 0) is 24.6 Å². The van der Waals surface area contributed by atoms with Gasteiger partial charge in [-0.3, -0.25) is 0 Å². The lowest BCUT2D eigenvalue weighted by Gasteiger charge is -2.04. The number of benzene rings is 1. The average molecular weight is 246 g/mol. The SMILES string of the molecule is CCCS(=O)(=O)c1ccc(C(=O)O)cc1F. The van der Waals surface area contributed by atoms with Crippen molar-refractivity contribution in [2.24, 2.45) is 0 Å². The molecule has 0 radical (unpaired) electrons. The summed E-state index contributed by atoms with van der Waals surface area (Å²) in [5.74, 6) is -2.47. The van der Waals surface area contributed by atoms with Gasteiger partial charge in [-0.25, -0.2) is 17.6 Å². The number of rotatable bonds is 4. The van der Waals surface area contributed by atoms with Crippen LogP contribution in [0, 0.1) is 5.82 Å². The molecule has 0 aliphatic heterocycles. The second-order valence-corrected chi connectivity index (χ2v) is 5.35. The van der Waals surface area contributed by atoms with Gasteiger partial charge in [0.05, 0.1) is 11.3 Å². The molecule has 88 valence electrons. The molecule has 1 aromatic carbocycles. The molecular weight excluding hydrogens is 235 g/mol. The number of carboxylic acids is 1.